The molecule has 0 aliphatic rings. The van der Waals surface area contributed by atoms with Crippen LogP contribution in [0.3, 0.4) is 0 Å². The Morgan fingerprint density at radius 3 is 1.00 bits per heavy atom. The minimum atomic E-state index is 0. The second kappa shape index (κ2) is 21.4. The van der Waals surface area contributed by atoms with Gasteiger partial charge in [-0.15, -0.1) is 0 Å². The largest absolute Gasteiger partial charge is 0.358 e. The van der Waals surface area contributed by atoms with Crippen molar-refractivity contribution in [1.29, 1.82) is 0 Å². The molecule has 0 unspecified atom stereocenters. The van der Waals surface area contributed by atoms with E-state index in [1.807, 2.05) is 0 Å². The molecule has 0 saturated carbocycles. The summed E-state index contributed by atoms with van der Waals surface area (Å²) in [6.07, 6.45) is 0. The molecule has 0 N–H and O–H groups in total. The van der Waals surface area contributed by atoms with Gasteiger partial charge in [-0.25, -0.2) is 0 Å². The third-order valence-corrected chi connectivity index (χ3v) is 0. The molecule has 0 nitrogen and oxygen atoms in total. The third-order valence-electron chi connectivity index (χ3n) is 0. The Kier molecular flexibility index (Phi) is 220. The maximum Gasteiger partial charge on any atom is 0 e. The predicted molar refractivity (Wildman–Crippen MR) is 6.41 cm³/mol. The molecule has 25 valence electrons. The number of hydrogen-bond donors (Lipinski definition) is 0. The first kappa shape index (κ1) is 41.1. The summed E-state index contributed by atoms with van der Waals surface area (Å²) in [6.45, 7) is 0. The summed E-state index contributed by atoms with van der Waals surface area (Å²) in [4.78, 5) is 0. The van der Waals surface area contributed by atoms with Gasteiger partial charge in [0, 0.05) is 57.0 Å². The quantitative estimate of drug-likeness (QED) is 0.405. The van der Waals surface area contributed by atoms with E-state index in [4.69, 9.17) is 0 Å². The van der Waals surface area contributed by atoms with E-state index in [0.717, 1.165) is 0 Å². The Morgan fingerprint density at radius 1 is 1.00 bits per heavy atom. The molecule has 0 saturated heterocycles. The van der Waals surface area contributed by atoms with Crippen LogP contribution < -0.4 is 0 Å². The second-order valence-electron chi connectivity index (χ2n) is 0. The Labute approximate surface area is 64.0 Å². The minimum absolute atomic E-state index is 0. The maximum atomic E-state index is 0. The summed E-state index contributed by atoms with van der Waals surface area (Å²) in [5.41, 5.74) is 0. The normalized spacial score (nSPS) is 0. The Morgan fingerprint density at radius 2 is 1.00 bits per heavy atom. The first-order chi connectivity index (χ1) is 0. The van der Waals surface area contributed by atoms with Crippen molar-refractivity contribution in [3.05, 3.63) is 7.43 Å². The van der Waals surface area contributed by atoms with Gasteiger partial charge in [0.2, 0.25) is 0 Å². The van der Waals surface area contributed by atoms with Gasteiger partial charge in [-0.2, -0.15) is 0 Å². The second-order valence-corrected chi connectivity index (χ2v) is 0. The molecule has 4 heavy (non-hydrogen) atoms. The fourth-order valence-corrected chi connectivity index (χ4v) is 0. The molecule has 0 amide bonds. The van der Waals surface area contributed by atoms with Crippen LogP contribution in [0.15, 0.2) is 0 Å². The summed E-state index contributed by atoms with van der Waals surface area (Å²) >= 11 is 0. The van der Waals surface area contributed by atoms with E-state index in [1.165, 1.54) is 0 Å². The van der Waals surface area contributed by atoms with Gasteiger partial charge in [0.15, 0.2) is 0 Å². The molecule has 0 aliphatic heterocycles. The Hall–Kier alpha value is 1.81. The molecule has 0 aliphatic carbocycles. The smallest absolute Gasteiger partial charge is 0 e. The maximum absolute atomic E-state index is 0. The van der Waals surface area contributed by atoms with Crippen LogP contribution in [0.2, 0.25) is 0 Å². The van der Waals surface area contributed by atoms with Crippen LogP contribution in [0.4, 0.5) is 0 Å². The molecule has 0 fully saturated rings. The van der Waals surface area contributed by atoms with E-state index in [2.05, 4.69) is 0 Å². The van der Waals surface area contributed by atoms with Gasteiger partial charge < -0.3 is 7.43 Å². The summed E-state index contributed by atoms with van der Waals surface area (Å²) in [5.74, 6) is 0. The van der Waals surface area contributed by atoms with Crippen LogP contribution in [-0.2, 0) is 57.0 Å². The van der Waals surface area contributed by atoms with Crippen LogP contribution >= 0.6 is 0 Å². The van der Waals surface area contributed by atoms with Crippen molar-refractivity contribution in [1.82, 2.24) is 0 Å². The van der Waals surface area contributed by atoms with Crippen LogP contribution in [0, 0.1) is 7.43 Å². The molecule has 1 radical (unpaired) electrons. The first-order valence-corrected chi connectivity index (χ1v) is 0. The van der Waals surface area contributed by atoms with Gasteiger partial charge in [-0.05, 0) is 0 Å². The average molecular weight is 214 g/mol. The van der Waals surface area contributed by atoms with E-state index in [-0.39, 0.29) is 64.4 Å². The van der Waals surface area contributed by atoms with Crippen molar-refractivity contribution in [3.8, 4) is 0 Å². The summed E-state index contributed by atoms with van der Waals surface area (Å²) < 4.78 is 0. The van der Waals surface area contributed by atoms with Crippen molar-refractivity contribution in [2.75, 3.05) is 0 Å². The van der Waals surface area contributed by atoms with Gasteiger partial charge in [-0.1, -0.05) is 0 Å². The zero-order chi connectivity index (χ0) is 0. The van der Waals surface area contributed by atoms with Gasteiger partial charge >= 0.3 is 0 Å². The Balaban J connectivity index is 0. The summed E-state index contributed by atoms with van der Waals surface area (Å²) in [6, 6.07) is 0. The molecule has 0 aromatic heterocycles. The molecule has 0 rings (SSSR count). The SMILES string of the molecule is [CH3-].[Cr].[Mo].[V]. The molecule has 0 atom stereocenters. The van der Waals surface area contributed by atoms with Crippen molar-refractivity contribution in [2.24, 2.45) is 0 Å². The zero-order valence-electron chi connectivity index (χ0n) is 2.26. The fourth-order valence-electron chi connectivity index (χ4n) is 0. The van der Waals surface area contributed by atoms with E-state index >= 15 is 0 Å². The summed E-state index contributed by atoms with van der Waals surface area (Å²) in [5, 5.41) is 0. The standard InChI is InChI=1S/CH3.Cr.Mo.V/h1H3;;;/q-1;;;. The molecular formula is CH3CrMoV-. The van der Waals surface area contributed by atoms with Crippen molar-refractivity contribution < 1.29 is 57.0 Å². The molecular weight excluding hydrogens is 211 g/mol. The van der Waals surface area contributed by atoms with Crippen LogP contribution in [0.1, 0.15) is 0 Å². The van der Waals surface area contributed by atoms with Gasteiger partial charge in [-0.3, -0.25) is 0 Å². The molecule has 0 spiro atoms. The number of rotatable bonds is 0. The predicted octanol–water partition coefficient (Wildman–Crippen LogP) is 0.443. The van der Waals surface area contributed by atoms with E-state index in [0.29, 0.717) is 0 Å². The van der Waals surface area contributed by atoms with Crippen LogP contribution in [-0.4, -0.2) is 0 Å². The molecule has 3 heteroatoms. The fraction of sp³-hybridized carbons (Fsp3) is 0. The number of hydrogen-bond acceptors (Lipinski definition) is 0. The van der Waals surface area contributed by atoms with E-state index in [9.17, 15) is 0 Å². The van der Waals surface area contributed by atoms with Gasteiger partial charge in [0.25, 0.3) is 0 Å². The van der Waals surface area contributed by atoms with E-state index in [1.54, 1.807) is 0 Å². The monoisotopic (exact) mass is 216 g/mol. The molecule has 0 aromatic carbocycles. The van der Waals surface area contributed by atoms with Crippen molar-refractivity contribution >= 4 is 0 Å². The first-order valence-electron chi connectivity index (χ1n) is 0. The Bertz CT molecular complexity index is 8.00. The summed E-state index contributed by atoms with van der Waals surface area (Å²) in [7, 11) is 0. The topological polar surface area (TPSA) is 0 Å². The average Bonchev–Trinajstić information content (AvgIpc) is 0. The van der Waals surface area contributed by atoms with E-state index < -0.39 is 0 Å². The van der Waals surface area contributed by atoms with Gasteiger partial charge in [0.05, 0.1) is 0 Å². The molecule has 0 bridgehead atoms. The van der Waals surface area contributed by atoms with Crippen molar-refractivity contribution in [2.45, 2.75) is 0 Å². The minimum Gasteiger partial charge on any atom is -0.358 e. The van der Waals surface area contributed by atoms with Crippen LogP contribution in [0.25, 0.3) is 0 Å². The molecule has 0 aromatic rings. The zero-order valence-corrected chi connectivity index (χ0v) is 6.94. The third kappa shape index (κ3) is 9.19. The van der Waals surface area contributed by atoms with Crippen LogP contribution in [0.5, 0.6) is 0 Å². The molecule has 0 heterocycles. The van der Waals surface area contributed by atoms with Crippen molar-refractivity contribution in [3.63, 3.8) is 0 Å². The van der Waals surface area contributed by atoms with Gasteiger partial charge in [0.1, 0.15) is 0 Å².